The van der Waals surface area contributed by atoms with E-state index in [0.717, 1.165) is 34.8 Å². The number of nitrogens with zero attached hydrogens (tertiary/aromatic N) is 4. The summed E-state index contributed by atoms with van der Waals surface area (Å²) in [5.41, 5.74) is 1.74. The van der Waals surface area contributed by atoms with Crippen molar-refractivity contribution in [2.24, 2.45) is 5.92 Å². The standard InChI is InChI=1S/C24H25N5O3S/c30-23(17-15-29(16-17)19-7-10-25-26-14-19)27-18-3-5-20(6-4-18)32-21-8-11-28(12-9-21)24(31)22-2-1-13-33-22/h1-7,10,13-14,17,21H,8-9,11-12,15-16H2,(H,27,30). The SMILES string of the molecule is O=C(Nc1ccc(OC2CCN(C(=O)c3cccs3)CC2)cc1)C1CN(c2ccnnc2)C1. The molecule has 5 rings (SSSR count). The van der Waals surface area contributed by atoms with Crippen molar-refractivity contribution < 1.29 is 14.3 Å². The fourth-order valence-electron chi connectivity index (χ4n) is 4.11. The number of carbonyl (C=O) groups excluding carboxylic acids is 2. The van der Waals surface area contributed by atoms with Crippen molar-refractivity contribution >= 4 is 34.5 Å². The molecule has 1 N–H and O–H groups in total. The molecule has 8 nitrogen and oxygen atoms in total. The fraction of sp³-hybridized carbons (Fsp3) is 0.333. The summed E-state index contributed by atoms with van der Waals surface area (Å²) < 4.78 is 6.11. The molecule has 1 aromatic carbocycles. The van der Waals surface area contributed by atoms with Gasteiger partial charge in [0, 0.05) is 44.7 Å². The first-order chi connectivity index (χ1) is 16.2. The molecule has 9 heteroatoms. The Kier molecular flexibility index (Phi) is 6.21. The smallest absolute Gasteiger partial charge is 0.263 e. The molecule has 2 aliphatic rings. The molecule has 0 saturated carbocycles. The van der Waals surface area contributed by atoms with E-state index in [9.17, 15) is 9.59 Å². The number of likely N-dealkylation sites (tertiary alicyclic amines) is 1. The second kappa shape index (κ2) is 9.58. The van der Waals surface area contributed by atoms with E-state index >= 15 is 0 Å². The van der Waals surface area contributed by atoms with Crippen LogP contribution in [0.5, 0.6) is 5.75 Å². The average molecular weight is 464 g/mol. The highest BCUT2D eigenvalue weighted by Gasteiger charge is 2.33. The van der Waals surface area contributed by atoms with Gasteiger partial charge in [-0.15, -0.1) is 11.3 Å². The molecule has 3 aromatic rings. The largest absolute Gasteiger partial charge is 0.490 e. The van der Waals surface area contributed by atoms with Crippen LogP contribution in [0.4, 0.5) is 11.4 Å². The number of nitrogens with one attached hydrogen (secondary N) is 1. The first-order valence-corrected chi connectivity index (χ1v) is 12.0. The van der Waals surface area contributed by atoms with E-state index in [1.165, 1.54) is 11.3 Å². The lowest BCUT2D eigenvalue weighted by Gasteiger charge is -2.39. The Balaban J connectivity index is 1.06. The molecule has 2 aromatic heterocycles. The van der Waals surface area contributed by atoms with Crippen LogP contribution in [0.25, 0.3) is 0 Å². The number of carbonyl (C=O) groups is 2. The van der Waals surface area contributed by atoms with Gasteiger partial charge in [-0.05, 0) is 41.8 Å². The maximum absolute atomic E-state index is 12.5. The third-order valence-electron chi connectivity index (χ3n) is 6.07. The van der Waals surface area contributed by atoms with Crippen LogP contribution in [-0.2, 0) is 4.79 Å². The van der Waals surface area contributed by atoms with Crippen molar-refractivity contribution in [1.82, 2.24) is 15.1 Å². The van der Waals surface area contributed by atoms with Crippen LogP contribution < -0.4 is 15.0 Å². The molecule has 170 valence electrons. The van der Waals surface area contributed by atoms with Crippen LogP contribution in [0.15, 0.2) is 60.2 Å². The number of piperidine rings is 1. The number of hydrogen-bond donors (Lipinski definition) is 1. The molecule has 0 radical (unpaired) electrons. The van der Waals surface area contributed by atoms with Gasteiger partial charge in [-0.25, -0.2) is 0 Å². The zero-order chi connectivity index (χ0) is 22.6. The minimum absolute atomic E-state index is 0.0183. The summed E-state index contributed by atoms with van der Waals surface area (Å²) in [4.78, 5) is 29.8. The highest BCUT2D eigenvalue weighted by molar-refractivity contribution is 7.12. The summed E-state index contributed by atoms with van der Waals surface area (Å²) in [6.07, 6.45) is 5.06. The Morgan fingerprint density at radius 2 is 1.82 bits per heavy atom. The van der Waals surface area contributed by atoms with Crippen LogP contribution in [0.1, 0.15) is 22.5 Å². The Hall–Kier alpha value is -3.46. The van der Waals surface area contributed by atoms with Crippen molar-refractivity contribution in [2.75, 3.05) is 36.4 Å². The fourth-order valence-corrected chi connectivity index (χ4v) is 4.80. The van der Waals surface area contributed by atoms with Gasteiger partial charge in [-0.2, -0.15) is 10.2 Å². The zero-order valence-corrected chi connectivity index (χ0v) is 18.9. The van der Waals surface area contributed by atoms with E-state index < -0.39 is 0 Å². The second-order valence-electron chi connectivity index (χ2n) is 8.30. The highest BCUT2D eigenvalue weighted by Crippen LogP contribution is 2.26. The number of amides is 2. The Morgan fingerprint density at radius 1 is 1.03 bits per heavy atom. The third kappa shape index (κ3) is 4.98. The molecule has 2 amide bonds. The van der Waals surface area contributed by atoms with Gasteiger partial charge in [0.1, 0.15) is 11.9 Å². The average Bonchev–Trinajstić information content (AvgIpc) is 3.35. The molecule has 0 aliphatic carbocycles. The molecule has 4 heterocycles. The van der Waals surface area contributed by atoms with Crippen molar-refractivity contribution in [3.05, 3.63) is 65.1 Å². The van der Waals surface area contributed by atoms with Crippen LogP contribution in [0.3, 0.4) is 0 Å². The van der Waals surface area contributed by atoms with Crippen LogP contribution >= 0.6 is 11.3 Å². The molecule has 2 saturated heterocycles. The number of thiophene rings is 1. The zero-order valence-electron chi connectivity index (χ0n) is 18.1. The Bertz CT molecular complexity index is 1080. The lowest BCUT2D eigenvalue weighted by molar-refractivity contribution is -0.120. The lowest BCUT2D eigenvalue weighted by Crippen LogP contribution is -2.52. The minimum atomic E-state index is -0.0452. The summed E-state index contributed by atoms with van der Waals surface area (Å²) in [5.74, 6) is 0.854. The number of hydrogen-bond acceptors (Lipinski definition) is 7. The molecule has 0 spiro atoms. The second-order valence-corrected chi connectivity index (χ2v) is 9.25. The van der Waals surface area contributed by atoms with Crippen molar-refractivity contribution in [2.45, 2.75) is 18.9 Å². The van der Waals surface area contributed by atoms with E-state index in [0.29, 0.717) is 26.2 Å². The quantitative estimate of drug-likeness (QED) is 0.604. The lowest BCUT2D eigenvalue weighted by atomic mass is 9.98. The predicted molar refractivity (Wildman–Crippen MR) is 127 cm³/mol. The normalized spacial score (nSPS) is 16.8. The van der Waals surface area contributed by atoms with Gasteiger partial charge in [-0.3, -0.25) is 9.59 Å². The van der Waals surface area contributed by atoms with E-state index in [4.69, 9.17) is 4.74 Å². The Labute approximate surface area is 196 Å². The number of benzene rings is 1. The molecular formula is C24H25N5O3S. The number of aromatic nitrogens is 2. The van der Waals surface area contributed by atoms with E-state index in [-0.39, 0.29) is 23.8 Å². The third-order valence-corrected chi connectivity index (χ3v) is 6.93. The summed E-state index contributed by atoms with van der Waals surface area (Å²) in [5, 5.41) is 12.6. The maximum atomic E-state index is 12.5. The minimum Gasteiger partial charge on any atom is -0.490 e. The maximum Gasteiger partial charge on any atom is 0.263 e. The predicted octanol–water partition coefficient (Wildman–Crippen LogP) is 3.30. The van der Waals surface area contributed by atoms with Gasteiger partial charge in [-0.1, -0.05) is 6.07 Å². The summed E-state index contributed by atoms with van der Waals surface area (Å²) >= 11 is 1.48. The van der Waals surface area contributed by atoms with Crippen molar-refractivity contribution in [3.63, 3.8) is 0 Å². The molecule has 33 heavy (non-hydrogen) atoms. The van der Waals surface area contributed by atoms with E-state index in [1.54, 1.807) is 12.4 Å². The first kappa shape index (κ1) is 21.4. The molecule has 0 bridgehead atoms. The van der Waals surface area contributed by atoms with E-state index in [1.807, 2.05) is 52.7 Å². The van der Waals surface area contributed by atoms with Gasteiger partial charge in [0.15, 0.2) is 0 Å². The Morgan fingerprint density at radius 3 is 2.48 bits per heavy atom. The topological polar surface area (TPSA) is 87.7 Å². The van der Waals surface area contributed by atoms with Gasteiger partial charge >= 0.3 is 0 Å². The van der Waals surface area contributed by atoms with Gasteiger partial charge < -0.3 is 19.9 Å². The van der Waals surface area contributed by atoms with Gasteiger partial charge in [0.25, 0.3) is 5.91 Å². The van der Waals surface area contributed by atoms with Crippen LogP contribution in [-0.4, -0.2) is 59.2 Å². The highest BCUT2D eigenvalue weighted by atomic mass is 32.1. The van der Waals surface area contributed by atoms with Gasteiger partial charge in [0.2, 0.25) is 5.91 Å². The molecule has 0 unspecified atom stereocenters. The van der Waals surface area contributed by atoms with E-state index in [2.05, 4.69) is 20.4 Å². The van der Waals surface area contributed by atoms with Crippen molar-refractivity contribution in [1.29, 1.82) is 0 Å². The molecule has 2 aliphatic heterocycles. The van der Waals surface area contributed by atoms with Gasteiger partial charge in [0.05, 0.1) is 28.9 Å². The number of anilines is 2. The summed E-state index contributed by atoms with van der Waals surface area (Å²) in [7, 11) is 0. The number of ether oxygens (including phenoxy) is 1. The van der Waals surface area contributed by atoms with Crippen molar-refractivity contribution in [3.8, 4) is 5.75 Å². The summed E-state index contributed by atoms with van der Waals surface area (Å²) in [6.45, 7) is 2.74. The molecular weight excluding hydrogens is 438 g/mol. The summed E-state index contributed by atoms with van der Waals surface area (Å²) in [6, 6.07) is 13.2. The number of rotatable bonds is 6. The molecule has 0 atom stereocenters. The monoisotopic (exact) mass is 463 g/mol. The van der Waals surface area contributed by atoms with Crippen LogP contribution in [0, 0.1) is 5.92 Å². The van der Waals surface area contributed by atoms with Crippen LogP contribution in [0.2, 0.25) is 0 Å². The molecule has 2 fully saturated rings. The first-order valence-electron chi connectivity index (χ1n) is 11.1.